The molecule has 0 aromatic carbocycles. The van der Waals surface area contributed by atoms with E-state index in [-0.39, 0.29) is 0 Å². The van der Waals surface area contributed by atoms with Crippen LogP contribution in [0, 0.1) is 16.4 Å². The predicted octanol–water partition coefficient (Wildman–Crippen LogP) is 4.53. The maximum absolute atomic E-state index is 4.75. The van der Waals surface area contributed by atoms with Gasteiger partial charge in [0.05, 0.1) is 9.26 Å². The van der Waals surface area contributed by atoms with E-state index >= 15 is 0 Å². The zero-order valence-corrected chi connectivity index (χ0v) is 15.9. The number of nitrogens with one attached hydrogen (secondary N) is 1. The van der Waals surface area contributed by atoms with Gasteiger partial charge < -0.3 is 5.32 Å². The molecule has 2 heterocycles. The lowest BCUT2D eigenvalue weighted by Gasteiger charge is -2.13. The molecule has 6 heteroatoms. The highest BCUT2D eigenvalue weighted by Crippen LogP contribution is 2.27. The van der Waals surface area contributed by atoms with E-state index in [0.29, 0.717) is 5.92 Å². The van der Waals surface area contributed by atoms with Crippen LogP contribution in [0.15, 0.2) is 5.38 Å². The van der Waals surface area contributed by atoms with Crippen LogP contribution in [-0.2, 0) is 6.42 Å². The molecule has 21 heavy (non-hydrogen) atoms. The van der Waals surface area contributed by atoms with Crippen LogP contribution in [0.25, 0.3) is 10.8 Å². The van der Waals surface area contributed by atoms with Gasteiger partial charge in [0.15, 0.2) is 10.8 Å². The number of hydrogen-bond donors (Lipinski definition) is 1. The van der Waals surface area contributed by atoms with Gasteiger partial charge in [-0.2, -0.15) is 0 Å². The number of thiazole rings is 1. The Morgan fingerprint density at radius 3 is 2.62 bits per heavy atom. The number of hydrogen-bond acceptors (Lipinski definition) is 5. The maximum Gasteiger partial charge on any atom is 0.191 e. The van der Waals surface area contributed by atoms with Gasteiger partial charge in [-0.15, -0.1) is 11.3 Å². The summed E-state index contributed by atoms with van der Waals surface area (Å²) in [5, 5.41) is 6.35. The molecule has 4 nitrogen and oxygen atoms in total. The summed E-state index contributed by atoms with van der Waals surface area (Å²) in [5.74, 6) is 2.24. The Hall–Kier alpha value is -0.760. The Labute approximate surface area is 144 Å². The largest absolute Gasteiger partial charge is 0.369 e. The van der Waals surface area contributed by atoms with E-state index in [4.69, 9.17) is 4.98 Å². The number of rotatable bonds is 6. The van der Waals surface area contributed by atoms with E-state index in [0.717, 1.165) is 51.0 Å². The van der Waals surface area contributed by atoms with Crippen molar-refractivity contribution in [2.45, 2.75) is 40.5 Å². The summed E-state index contributed by atoms with van der Waals surface area (Å²) in [6, 6.07) is 0. The van der Waals surface area contributed by atoms with Crippen molar-refractivity contribution in [3.8, 4) is 10.8 Å². The SMILES string of the molecule is CCCNc1nc(-c2nc(C)cs2)nc(CC(C)C)c1I. The summed E-state index contributed by atoms with van der Waals surface area (Å²) in [5.41, 5.74) is 2.13. The standard InChI is InChI=1S/C15H21IN4S/c1-5-6-17-13-12(16)11(7-9(2)3)19-14(20-13)15-18-10(4)8-21-15/h8-9H,5-7H2,1-4H3,(H,17,19,20). The van der Waals surface area contributed by atoms with Crippen molar-refractivity contribution < 1.29 is 0 Å². The zero-order valence-electron chi connectivity index (χ0n) is 12.9. The van der Waals surface area contributed by atoms with Crippen LogP contribution in [0.1, 0.15) is 38.6 Å². The zero-order chi connectivity index (χ0) is 15.4. The molecule has 0 aliphatic carbocycles. The topological polar surface area (TPSA) is 50.7 Å². The first-order valence-electron chi connectivity index (χ1n) is 7.24. The molecule has 0 aliphatic rings. The third kappa shape index (κ3) is 4.35. The first-order valence-corrected chi connectivity index (χ1v) is 9.19. The minimum Gasteiger partial charge on any atom is -0.369 e. The number of nitrogens with zero attached hydrogens (tertiary/aromatic N) is 3. The van der Waals surface area contributed by atoms with Gasteiger partial charge in [-0.25, -0.2) is 15.0 Å². The average Bonchev–Trinajstić information content (AvgIpc) is 2.86. The van der Waals surface area contributed by atoms with Crippen molar-refractivity contribution in [3.63, 3.8) is 0 Å². The second-order valence-electron chi connectivity index (χ2n) is 5.48. The van der Waals surface area contributed by atoms with E-state index in [1.807, 2.05) is 12.3 Å². The second kappa shape index (κ2) is 7.49. The van der Waals surface area contributed by atoms with Crippen LogP contribution in [-0.4, -0.2) is 21.5 Å². The third-order valence-electron chi connectivity index (χ3n) is 2.87. The molecule has 0 amide bonds. The molecule has 0 saturated carbocycles. The Morgan fingerprint density at radius 2 is 2.05 bits per heavy atom. The highest BCUT2D eigenvalue weighted by Gasteiger charge is 2.16. The summed E-state index contributed by atoms with van der Waals surface area (Å²) in [6.45, 7) is 9.50. The molecule has 0 atom stereocenters. The van der Waals surface area contributed by atoms with E-state index in [1.54, 1.807) is 11.3 Å². The average molecular weight is 416 g/mol. The molecule has 0 unspecified atom stereocenters. The summed E-state index contributed by atoms with van der Waals surface area (Å²) in [4.78, 5) is 13.9. The highest BCUT2D eigenvalue weighted by atomic mass is 127. The maximum atomic E-state index is 4.75. The molecule has 0 saturated heterocycles. The molecular weight excluding hydrogens is 395 g/mol. The fraction of sp³-hybridized carbons (Fsp3) is 0.533. The summed E-state index contributed by atoms with van der Waals surface area (Å²) in [6.07, 6.45) is 2.03. The molecule has 0 aliphatic heterocycles. The van der Waals surface area contributed by atoms with Crippen LogP contribution < -0.4 is 5.32 Å². The molecular formula is C15H21IN4S. The molecule has 2 aromatic rings. The third-order valence-corrected chi connectivity index (χ3v) is 4.96. The lowest BCUT2D eigenvalue weighted by atomic mass is 10.1. The smallest absolute Gasteiger partial charge is 0.191 e. The van der Waals surface area contributed by atoms with Gasteiger partial charge in [-0.3, -0.25) is 0 Å². The first kappa shape index (κ1) is 16.6. The van der Waals surface area contributed by atoms with E-state index in [9.17, 15) is 0 Å². The van der Waals surface area contributed by atoms with Gasteiger partial charge in [-0.05, 0) is 48.3 Å². The Kier molecular flexibility index (Phi) is 5.92. The van der Waals surface area contributed by atoms with Crippen molar-refractivity contribution in [1.82, 2.24) is 15.0 Å². The molecule has 0 fully saturated rings. The number of aromatic nitrogens is 3. The number of anilines is 1. The molecule has 0 radical (unpaired) electrons. The quantitative estimate of drug-likeness (QED) is 0.703. The van der Waals surface area contributed by atoms with Crippen LogP contribution in [0.3, 0.4) is 0 Å². The van der Waals surface area contributed by atoms with Gasteiger partial charge >= 0.3 is 0 Å². The Balaban J connectivity index is 2.44. The van der Waals surface area contributed by atoms with E-state index < -0.39 is 0 Å². The number of halogens is 1. The van der Waals surface area contributed by atoms with Crippen molar-refractivity contribution in [3.05, 3.63) is 20.3 Å². The molecule has 2 aromatic heterocycles. The lowest BCUT2D eigenvalue weighted by Crippen LogP contribution is -2.10. The second-order valence-corrected chi connectivity index (χ2v) is 7.41. The molecule has 2 rings (SSSR count). The summed E-state index contributed by atoms with van der Waals surface area (Å²) >= 11 is 3.95. The van der Waals surface area contributed by atoms with Gasteiger partial charge in [0.2, 0.25) is 0 Å². The van der Waals surface area contributed by atoms with Crippen LogP contribution in [0.4, 0.5) is 5.82 Å². The molecule has 114 valence electrons. The fourth-order valence-corrected chi connectivity index (χ4v) is 3.31. The Morgan fingerprint density at radius 1 is 1.29 bits per heavy atom. The first-order chi connectivity index (χ1) is 10.0. The molecule has 1 N–H and O–H groups in total. The predicted molar refractivity (Wildman–Crippen MR) is 97.9 cm³/mol. The van der Waals surface area contributed by atoms with Crippen molar-refractivity contribution in [2.75, 3.05) is 11.9 Å². The van der Waals surface area contributed by atoms with Crippen molar-refractivity contribution >= 4 is 39.7 Å². The Bertz CT molecular complexity index is 610. The van der Waals surface area contributed by atoms with E-state index in [1.165, 1.54) is 0 Å². The fourth-order valence-electron chi connectivity index (χ4n) is 1.93. The summed E-state index contributed by atoms with van der Waals surface area (Å²) < 4.78 is 1.13. The van der Waals surface area contributed by atoms with Crippen LogP contribution >= 0.6 is 33.9 Å². The van der Waals surface area contributed by atoms with Gasteiger partial charge in [-0.1, -0.05) is 20.8 Å². The summed E-state index contributed by atoms with van der Waals surface area (Å²) in [7, 11) is 0. The minimum atomic E-state index is 0.568. The normalized spacial score (nSPS) is 11.1. The van der Waals surface area contributed by atoms with E-state index in [2.05, 4.69) is 58.6 Å². The van der Waals surface area contributed by atoms with Crippen molar-refractivity contribution in [1.29, 1.82) is 0 Å². The van der Waals surface area contributed by atoms with Gasteiger partial charge in [0.25, 0.3) is 0 Å². The minimum absolute atomic E-state index is 0.568. The molecule has 0 spiro atoms. The van der Waals surface area contributed by atoms with Crippen molar-refractivity contribution in [2.24, 2.45) is 5.92 Å². The van der Waals surface area contributed by atoms with Gasteiger partial charge in [0.1, 0.15) is 5.82 Å². The monoisotopic (exact) mass is 416 g/mol. The van der Waals surface area contributed by atoms with Crippen LogP contribution in [0.5, 0.6) is 0 Å². The lowest BCUT2D eigenvalue weighted by molar-refractivity contribution is 0.632. The number of aryl methyl sites for hydroxylation is 1. The van der Waals surface area contributed by atoms with Crippen LogP contribution in [0.2, 0.25) is 0 Å². The molecule has 0 bridgehead atoms. The van der Waals surface area contributed by atoms with Gasteiger partial charge in [0, 0.05) is 17.6 Å². The highest BCUT2D eigenvalue weighted by molar-refractivity contribution is 14.1.